The number of hydrazone groups is 1. The monoisotopic (exact) mass is 582 g/mol. The number of methoxy groups -OCH3 is 3. The number of ether oxygens (including phenoxy) is 3. The third-order valence-electron chi connectivity index (χ3n) is 5.13. The Kier molecular flexibility index (Phi) is 8.75. The molecule has 0 bridgehead atoms. The lowest BCUT2D eigenvalue weighted by Gasteiger charge is -2.12. The fourth-order valence-corrected chi connectivity index (χ4v) is 4.37. The first-order valence-electron chi connectivity index (χ1n) is 10.9. The number of aromatic nitrogens is 4. The molecule has 0 fully saturated rings. The first-order valence-corrected chi connectivity index (χ1v) is 12.7. The normalized spacial score (nSPS) is 10.9. The zero-order valence-electron chi connectivity index (χ0n) is 20.2. The first-order chi connectivity index (χ1) is 18.0. The Bertz CT molecular complexity index is 1370. The molecule has 0 radical (unpaired) electrons. The standard InChI is InChI=1S/C25H23BrN6O4S/c1-34-19-12-21(35-2)20(22(13-19)36-3)14-28-29-23(33)15-37-25-31-30-24(16-8-10-27-11-9-16)32(25)18-6-4-17(26)5-7-18/h4-14H,15H2,1-3H3,(H,29,33)/b28-14+. The maximum atomic E-state index is 12.6. The maximum absolute atomic E-state index is 12.6. The SMILES string of the molecule is COc1cc(OC)c(/C=N/NC(=O)CSc2nnc(-c3ccncc3)n2-c2ccc(Br)cc2)c(OC)c1. The predicted octanol–water partition coefficient (Wildman–Crippen LogP) is 4.36. The summed E-state index contributed by atoms with van der Waals surface area (Å²) in [6.45, 7) is 0. The summed E-state index contributed by atoms with van der Waals surface area (Å²) in [6, 6.07) is 14.9. The fraction of sp³-hybridized carbons (Fsp3) is 0.160. The Morgan fingerprint density at radius 2 is 1.70 bits per heavy atom. The summed E-state index contributed by atoms with van der Waals surface area (Å²) < 4.78 is 18.9. The van der Waals surface area contributed by atoms with Crippen LogP contribution in [0.25, 0.3) is 17.1 Å². The van der Waals surface area contributed by atoms with Crippen LogP contribution in [-0.2, 0) is 4.79 Å². The molecule has 2 aromatic heterocycles. The number of carbonyl (C=O) groups is 1. The van der Waals surface area contributed by atoms with Crippen LogP contribution in [-0.4, -0.2) is 59.0 Å². The molecule has 0 saturated heterocycles. The second-order valence-electron chi connectivity index (χ2n) is 7.38. The largest absolute Gasteiger partial charge is 0.496 e. The molecule has 190 valence electrons. The summed E-state index contributed by atoms with van der Waals surface area (Å²) in [5.74, 6) is 1.96. The second kappa shape index (κ2) is 12.4. The van der Waals surface area contributed by atoms with E-state index >= 15 is 0 Å². The van der Waals surface area contributed by atoms with Gasteiger partial charge in [-0.25, -0.2) is 5.43 Å². The minimum atomic E-state index is -0.316. The average molecular weight is 583 g/mol. The highest BCUT2D eigenvalue weighted by Crippen LogP contribution is 2.33. The van der Waals surface area contributed by atoms with Crippen LogP contribution in [0.4, 0.5) is 0 Å². The Labute approximate surface area is 226 Å². The number of nitrogens with zero attached hydrogens (tertiary/aromatic N) is 5. The molecule has 4 aromatic rings. The molecule has 10 nitrogen and oxygen atoms in total. The molecule has 0 spiro atoms. The van der Waals surface area contributed by atoms with Gasteiger partial charge in [0.2, 0.25) is 0 Å². The number of carbonyl (C=O) groups excluding carboxylic acids is 1. The van der Waals surface area contributed by atoms with Crippen LogP contribution in [0.15, 0.2) is 75.7 Å². The van der Waals surface area contributed by atoms with Crippen LogP contribution in [0, 0.1) is 0 Å². The van der Waals surface area contributed by atoms with Gasteiger partial charge in [0.15, 0.2) is 11.0 Å². The smallest absolute Gasteiger partial charge is 0.250 e. The van der Waals surface area contributed by atoms with Crippen LogP contribution in [0.1, 0.15) is 5.56 Å². The van der Waals surface area contributed by atoms with Crippen molar-refractivity contribution in [3.8, 4) is 34.3 Å². The Hall–Kier alpha value is -3.90. The van der Waals surface area contributed by atoms with Gasteiger partial charge in [-0.15, -0.1) is 10.2 Å². The molecule has 0 aliphatic heterocycles. The molecule has 1 amide bonds. The summed E-state index contributed by atoms with van der Waals surface area (Å²) in [7, 11) is 4.61. The minimum absolute atomic E-state index is 0.0687. The van der Waals surface area contributed by atoms with Crippen LogP contribution >= 0.6 is 27.7 Å². The summed E-state index contributed by atoms with van der Waals surface area (Å²) in [5, 5.41) is 13.3. The number of nitrogens with one attached hydrogen (secondary N) is 1. The van der Waals surface area contributed by atoms with Crippen molar-refractivity contribution in [2.75, 3.05) is 27.1 Å². The number of amides is 1. The maximum Gasteiger partial charge on any atom is 0.250 e. The van der Waals surface area contributed by atoms with Gasteiger partial charge < -0.3 is 14.2 Å². The van der Waals surface area contributed by atoms with Crippen molar-refractivity contribution >= 4 is 39.8 Å². The summed E-state index contributed by atoms with van der Waals surface area (Å²) in [6.07, 6.45) is 4.85. The second-order valence-corrected chi connectivity index (χ2v) is 9.24. The molecule has 37 heavy (non-hydrogen) atoms. The summed E-state index contributed by atoms with van der Waals surface area (Å²) in [5.41, 5.74) is 4.81. The topological polar surface area (TPSA) is 113 Å². The molecule has 0 aliphatic rings. The van der Waals surface area contributed by atoms with E-state index in [0.717, 1.165) is 15.7 Å². The van der Waals surface area contributed by atoms with E-state index in [-0.39, 0.29) is 11.7 Å². The van der Waals surface area contributed by atoms with E-state index < -0.39 is 0 Å². The number of hydrogen-bond donors (Lipinski definition) is 1. The molecule has 2 heterocycles. The number of halogens is 1. The van der Waals surface area contributed by atoms with Crippen LogP contribution in [0.5, 0.6) is 17.2 Å². The number of rotatable bonds is 10. The van der Waals surface area contributed by atoms with Crippen molar-refractivity contribution in [1.82, 2.24) is 25.2 Å². The zero-order chi connectivity index (χ0) is 26.2. The van der Waals surface area contributed by atoms with Crippen molar-refractivity contribution < 1.29 is 19.0 Å². The van der Waals surface area contributed by atoms with Gasteiger partial charge in [0.05, 0.1) is 38.9 Å². The van der Waals surface area contributed by atoms with Crippen LogP contribution in [0.2, 0.25) is 0 Å². The third-order valence-corrected chi connectivity index (χ3v) is 6.58. The van der Waals surface area contributed by atoms with Gasteiger partial charge in [0.25, 0.3) is 5.91 Å². The molecule has 0 saturated carbocycles. The van der Waals surface area contributed by atoms with Gasteiger partial charge in [-0.05, 0) is 36.4 Å². The number of thioether (sulfide) groups is 1. The van der Waals surface area contributed by atoms with Gasteiger partial charge in [-0.1, -0.05) is 27.7 Å². The lowest BCUT2D eigenvalue weighted by Crippen LogP contribution is -2.20. The quantitative estimate of drug-likeness (QED) is 0.167. The molecule has 2 aromatic carbocycles. The molecule has 0 unspecified atom stereocenters. The molecule has 0 aliphatic carbocycles. The molecule has 4 rings (SSSR count). The number of hydrogen-bond acceptors (Lipinski definition) is 9. The zero-order valence-corrected chi connectivity index (χ0v) is 22.6. The van der Waals surface area contributed by atoms with E-state index in [0.29, 0.717) is 33.8 Å². The van der Waals surface area contributed by atoms with Gasteiger partial charge >= 0.3 is 0 Å². The number of benzene rings is 2. The Morgan fingerprint density at radius 3 is 2.32 bits per heavy atom. The van der Waals surface area contributed by atoms with E-state index in [4.69, 9.17) is 14.2 Å². The van der Waals surface area contributed by atoms with E-state index in [1.165, 1.54) is 32.2 Å². The molecule has 0 atom stereocenters. The van der Waals surface area contributed by atoms with E-state index in [1.807, 2.05) is 41.0 Å². The predicted molar refractivity (Wildman–Crippen MR) is 145 cm³/mol. The van der Waals surface area contributed by atoms with Gasteiger partial charge in [-0.2, -0.15) is 5.10 Å². The fourth-order valence-electron chi connectivity index (χ4n) is 3.37. The minimum Gasteiger partial charge on any atom is -0.496 e. The van der Waals surface area contributed by atoms with Crippen molar-refractivity contribution in [3.63, 3.8) is 0 Å². The van der Waals surface area contributed by atoms with E-state index in [9.17, 15) is 4.79 Å². The highest BCUT2D eigenvalue weighted by molar-refractivity contribution is 9.10. The summed E-state index contributed by atoms with van der Waals surface area (Å²) in [4.78, 5) is 16.7. The third kappa shape index (κ3) is 6.27. The Balaban J connectivity index is 1.50. The van der Waals surface area contributed by atoms with Gasteiger partial charge in [0.1, 0.15) is 17.2 Å². The van der Waals surface area contributed by atoms with Gasteiger partial charge in [-0.3, -0.25) is 14.3 Å². The van der Waals surface area contributed by atoms with Crippen LogP contribution in [0.3, 0.4) is 0 Å². The van der Waals surface area contributed by atoms with Crippen molar-refractivity contribution in [1.29, 1.82) is 0 Å². The lowest BCUT2D eigenvalue weighted by atomic mass is 10.2. The summed E-state index contributed by atoms with van der Waals surface area (Å²) >= 11 is 4.71. The Morgan fingerprint density at radius 1 is 1.03 bits per heavy atom. The highest BCUT2D eigenvalue weighted by atomic mass is 79.9. The average Bonchev–Trinajstić information content (AvgIpc) is 3.36. The van der Waals surface area contributed by atoms with Crippen molar-refractivity contribution in [3.05, 3.63) is 71.0 Å². The molecule has 12 heteroatoms. The lowest BCUT2D eigenvalue weighted by molar-refractivity contribution is -0.118. The van der Waals surface area contributed by atoms with Crippen LogP contribution < -0.4 is 19.6 Å². The van der Waals surface area contributed by atoms with Crippen molar-refractivity contribution in [2.24, 2.45) is 5.10 Å². The molecular formula is C25H23BrN6O4S. The molecule has 1 N–H and O–H groups in total. The number of pyridine rings is 1. The molecular weight excluding hydrogens is 560 g/mol. The van der Waals surface area contributed by atoms with Crippen molar-refractivity contribution in [2.45, 2.75) is 5.16 Å². The van der Waals surface area contributed by atoms with Gasteiger partial charge in [0, 0.05) is 40.2 Å². The van der Waals surface area contributed by atoms with E-state index in [1.54, 1.807) is 31.6 Å². The van der Waals surface area contributed by atoms with E-state index in [2.05, 4.69) is 41.6 Å². The highest BCUT2D eigenvalue weighted by Gasteiger charge is 2.17. The first kappa shape index (κ1) is 26.2.